The molecule has 1 nitrogen and oxygen atoms in total. The van der Waals surface area contributed by atoms with Gasteiger partial charge in [-0.15, -0.1) is 0 Å². The standard InChI is InChI=1S/C14H14FN/c1-10(2)11-6-5-7-12(14(11)15)13-8-3-4-9-16-13/h3-10H,1-2H3. The van der Waals surface area contributed by atoms with Crippen molar-refractivity contribution in [2.24, 2.45) is 0 Å². The Labute approximate surface area is 95.0 Å². The quantitative estimate of drug-likeness (QED) is 0.737. The van der Waals surface area contributed by atoms with Crippen LogP contribution >= 0.6 is 0 Å². The van der Waals surface area contributed by atoms with Crippen LogP contribution in [0.5, 0.6) is 0 Å². The smallest absolute Gasteiger partial charge is 0.136 e. The van der Waals surface area contributed by atoms with Crippen LogP contribution in [0.2, 0.25) is 0 Å². The fraction of sp³-hybridized carbons (Fsp3) is 0.214. The van der Waals surface area contributed by atoms with E-state index in [1.54, 1.807) is 12.3 Å². The molecule has 82 valence electrons. The first-order chi connectivity index (χ1) is 7.70. The topological polar surface area (TPSA) is 12.9 Å². The predicted molar refractivity (Wildman–Crippen MR) is 63.7 cm³/mol. The summed E-state index contributed by atoms with van der Waals surface area (Å²) in [6, 6.07) is 11.0. The minimum Gasteiger partial charge on any atom is -0.256 e. The zero-order chi connectivity index (χ0) is 11.5. The van der Waals surface area contributed by atoms with Crippen molar-refractivity contribution in [3.63, 3.8) is 0 Å². The highest BCUT2D eigenvalue weighted by molar-refractivity contribution is 5.61. The summed E-state index contributed by atoms with van der Waals surface area (Å²) in [6.45, 7) is 3.97. The fourth-order valence-electron chi connectivity index (χ4n) is 1.72. The van der Waals surface area contributed by atoms with Crippen molar-refractivity contribution in [3.05, 3.63) is 54.0 Å². The molecule has 0 unspecified atom stereocenters. The maximum absolute atomic E-state index is 14.2. The highest BCUT2D eigenvalue weighted by atomic mass is 19.1. The third kappa shape index (κ3) is 1.96. The minimum absolute atomic E-state index is 0.156. The molecule has 0 spiro atoms. The molecule has 0 aliphatic heterocycles. The van der Waals surface area contributed by atoms with Crippen molar-refractivity contribution in [2.45, 2.75) is 19.8 Å². The van der Waals surface area contributed by atoms with E-state index in [0.717, 1.165) is 5.56 Å². The van der Waals surface area contributed by atoms with Crippen LogP contribution in [0, 0.1) is 5.82 Å². The van der Waals surface area contributed by atoms with Gasteiger partial charge in [-0.25, -0.2) is 4.39 Å². The van der Waals surface area contributed by atoms with Gasteiger partial charge in [0.15, 0.2) is 0 Å². The van der Waals surface area contributed by atoms with Gasteiger partial charge < -0.3 is 0 Å². The van der Waals surface area contributed by atoms with Crippen molar-refractivity contribution in [3.8, 4) is 11.3 Å². The van der Waals surface area contributed by atoms with E-state index in [9.17, 15) is 4.39 Å². The molecule has 2 aromatic rings. The molecule has 0 N–H and O–H groups in total. The first kappa shape index (κ1) is 10.8. The Morgan fingerprint density at radius 1 is 1.06 bits per heavy atom. The van der Waals surface area contributed by atoms with Gasteiger partial charge in [-0.3, -0.25) is 4.98 Å². The van der Waals surface area contributed by atoms with E-state index in [2.05, 4.69) is 4.98 Å². The normalized spacial score (nSPS) is 10.8. The van der Waals surface area contributed by atoms with E-state index in [0.29, 0.717) is 11.3 Å². The molecule has 0 aliphatic carbocycles. The molecule has 1 heterocycles. The number of benzene rings is 1. The van der Waals surface area contributed by atoms with Crippen molar-refractivity contribution < 1.29 is 4.39 Å². The SMILES string of the molecule is CC(C)c1cccc(-c2ccccn2)c1F. The summed E-state index contributed by atoms with van der Waals surface area (Å²) in [6.07, 6.45) is 1.68. The zero-order valence-electron chi connectivity index (χ0n) is 9.44. The van der Waals surface area contributed by atoms with Gasteiger partial charge in [0.2, 0.25) is 0 Å². The molecule has 1 aromatic carbocycles. The highest BCUT2D eigenvalue weighted by Crippen LogP contribution is 2.27. The summed E-state index contributed by atoms with van der Waals surface area (Å²) in [5, 5.41) is 0. The third-order valence-electron chi connectivity index (χ3n) is 2.59. The second-order valence-electron chi connectivity index (χ2n) is 4.08. The monoisotopic (exact) mass is 215 g/mol. The lowest BCUT2D eigenvalue weighted by Gasteiger charge is -2.10. The highest BCUT2D eigenvalue weighted by Gasteiger charge is 2.12. The molecule has 0 saturated heterocycles. The summed E-state index contributed by atoms with van der Waals surface area (Å²) >= 11 is 0. The second-order valence-corrected chi connectivity index (χ2v) is 4.08. The van der Waals surface area contributed by atoms with Gasteiger partial charge in [0.05, 0.1) is 5.69 Å². The van der Waals surface area contributed by atoms with Crippen LogP contribution in [0.4, 0.5) is 4.39 Å². The first-order valence-electron chi connectivity index (χ1n) is 5.40. The largest absolute Gasteiger partial charge is 0.256 e. The molecule has 2 rings (SSSR count). The van der Waals surface area contributed by atoms with E-state index in [1.165, 1.54) is 0 Å². The Kier molecular flexibility index (Phi) is 3.00. The van der Waals surface area contributed by atoms with Crippen LogP contribution in [0.15, 0.2) is 42.6 Å². The minimum atomic E-state index is -0.156. The lowest BCUT2D eigenvalue weighted by molar-refractivity contribution is 0.601. The van der Waals surface area contributed by atoms with Crippen molar-refractivity contribution in [2.75, 3.05) is 0 Å². The number of hydrogen-bond acceptors (Lipinski definition) is 1. The molecule has 1 aromatic heterocycles. The summed E-state index contributed by atoms with van der Waals surface area (Å²) in [5.74, 6) is 0.0277. The van der Waals surface area contributed by atoms with Gasteiger partial charge >= 0.3 is 0 Å². The number of nitrogens with zero attached hydrogens (tertiary/aromatic N) is 1. The molecule has 16 heavy (non-hydrogen) atoms. The van der Waals surface area contributed by atoms with Gasteiger partial charge in [-0.1, -0.05) is 32.0 Å². The second kappa shape index (κ2) is 4.44. The summed E-state index contributed by atoms with van der Waals surface area (Å²) in [5.41, 5.74) is 2.00. The van der Waals surface area contributed by atoms with Crippen LogP contribution in [-0.4, -0.2) is 4.98 Å². The molecule has 0 bridgehead atoms. The molecule has 0 radical (unpaired) electrons. The Balaban J connectivity index is 2.55. The van der Waals surface area contributed by atoms with Gasteiger partial charge in [-0.2, -0.15) is 0 Å². The van der Waals surface area contributed by atoms with Crippen LogP contribution in [0.1, 0.15) is 25.3 Å². The Hall–Kier alpha value is -1.70. The molecule has 0 amide bonds. The van der Waals surface area contributed by atoms with Crippen LogP contribution in [-0.2, 0) is 0 Å². The summed E-state index contributed by atoms with van der Waals surface area (Å²) in [7, 11) is 0. The maximum atomic E-state index is 14.2. The molecule has 0 fully saturated rings. The number of pyridine rings is 1. The van der Waals surface area contributed by atoms with Gasteiger partial charge in [0, 0.05) is 11.8 Å². The van der Waals surface area contributed by atoms with E-state index < -0.39 is 0 Å². The van der Waals surface area contributed by atoms with E-state index >= 15 is 0 Å². The zero-order valence-corrected chi connectivity index (χ0v) is 9.44. The van der Waals surface area contributed by atoms with Crippen LogP contribution in [0.3, 0.4) is 0 Å². The molecule has 0 aliphatic rings. The third-order valence-corrected chi connectivity index (χ3v) is 2.59. The number of aromatic nitrogens is 1. The van der Waals surface area contributed by atoms with E-state index in [4.69, 9.17) is 0 Å². The van der Waals surface area contributed by atoms with Gasteiger partial charge in [0.1, 0.15) is 5.82 Å². The van der Waals surface area contributed by atoms with Crippen molar-refractivity contribution in [1.82, 2.24) is 4.98 Å². The Morgan fingerprint density at radius 3 is 2.50 bits per heavy atom. The molecule has 2 heteroatoms. The summed E-state index contributed by atoms with van der Waals surface area (Å²) < 4.78 is 14.2. The predicted octanol–water partition coefficient (Wildman–Crippen LogP) is 4.01. The lowest BCUT2D eigenvalue weighted by atomic mass is 9.98. The van der Waals surface area contributed by atoms with Crippen molar-refractivity contribution >= 4 is 0 Å². The van der Waals surface area contributed by atoms with Crippen LogP contribution in [0.25, 0.3) is 11.3 Å². The Bertz CT molecular complexity index is 477. The van der Waals surface area contributed by atoms with E-state index in [1.807, 2.05) is 44.2 Å². The lowest BCUT2D eigenvalue weighted by Crippen LogP contribution is -1.96. The Morgan fingerprint density at radius 2 is 1.88 bits per heavy atom. The average Bonchev–Trinajstić information content (AvgIpc) is 2.30. The van der Waals surface area contributed by atoms with Gasteiger partial charge in [0.25, 0.3) is 0 Å². The average molecular weight is 215 g/mol. The number of hydrogen-bond donors (Lipinski definition) is 0. The maximum Gasteiger partial charge on any atom is 0.136 e. The summed E-state index contributed by atoms with van der Waals surface area (Å²) in [4.78, 5) is 4.17. The number of halogens is 1. The molecule has 0 saturated carbocycles. The van der Waals surface area contributed by atoms with E-state index in [-0.39, 0.29) is 11.7 Å². The molecule has 0 atom stereocenters. The van der Waals surface area contributed by atoms with Gasteiger partial charge in [-0.05, 0) is 29.7 Å². The molecular formula is C14H14FN. The van der Waals surface area contributed by atoms with Crippen LogP contribution < -0.4 is 0 Å². The molecular weight excluding hydrogens is 201 g/mol. The fourth-order valence-corrected chi connectivity index (χ4v) is 1.72. The number of rotatable bonds is 2. The first-order valence-corrected chi connectivity index (χ1v) is 5.40. The van der Waals surface area contributed by atoms with Crippen molar-refractivity contribution in [1.29, 1.82) is 0 Å².